The van der Waals surface area contributed by atoms with Crippen molar-refractivity contribution in [3.63, 3.8) is 0 Å². The van der Waals surface area contributed by atoms with Crippen LogP contribution < -0.4 is 5.32 Å². The van der Waals surface area contributed by atoms with Gasteiger partial charge in [-0.05, 0) is 38.1 Å². The molecule has 0 aromatic carbocycles. The lowest BCUT2D eigenvalue weighted by Gasteiger charge is -2.26. The van der Waals surface area contributed by atoms with Gasteiger partial charge >= 0.3 is 6.03 Å². The van der Waals surface area contributed by atoms with Crippen molar-refractivity contribution in [1.29, 1.82) is 0 Å². The predicted octanol–water partition coefficient (Wildman–Crippen LogP) is 2.61. The van der Waals surface area contributed by atoms with Crippen molar-refractivity contribution < 1.29 is 9.90 Å². The normalized spacial score (nSPS) is 14.0. The van der Waals surface area contributed by atoms with Crippen LogP contribution in [-0.2, 0) is 0 Å². The van der Waals surface area contributed by atoms with Gasteiger partial charge in [-0.25, -0.2) is 4.79 Å². The monoisotopic (exact) mass is 270 g/mol. The summed E-state index contributed by atoms with van der Waals surface area (Å²) in [5, 5.41) is 13.7. The molecule has 0 fully saturated rings. The molecule has 2 unspecified atom stereocenters. The van der Waals surface area contributed by atoms with E-state index in [1.165, 1.54) is 4.88 Å². The first kappa shape index (κ1) is 15.0. The van der Waals surface area contributed by atoms with Gasteiger partial charge in [0.1, 0.15) is 0 Å². The largest absolute Gasteiger partial charge is 0.396 e. The Morgan fingerprint density at radius 1 is 1.56 bits per heavy atom. The van der Waals surface area contributed by atoms with Gasteiger partial charge in [-0.2, -0.15) is 0 Å². The van der Waals surface area contributed by atoms with Gasteiger partial charge < -0.3 is 15.3 Å². The van der Waals surface area contributed by atoms with E-state index in [2.05, 4.69) is 5.32 Å². The second-order valence-corrected chi connectivity index (χ2v) is 5.50. The van der Waals surface area contributed by atoms with Crippen molar-refractivity contribution >= 4 is 17.4 Å². The number of thiophene rings is 1. The fraction of sp³-hybridized carbons (Fsp3) is 0.615. The minimum atomic E-state index is -0.0682. The van der Waals surface area contributed by atoms with Gasteiger partial charge in [0.05, 0.1) is 6.04 Å². The molecule has 1 heterocycles. The van der Waals surface area contributed by atoms with E-state index >= 15 is 0 Å². The van der Waals surface area contributed by atoms with Crippen LogP contribution >= 0.6 is 11.3 Å². The van der Waals surface area contributed by atoms with Crippen LogP contribution in [0.15, 0.2) is 17.5 Å². The third-order valence-corrected chi connectivity index (χ3v) is 4.06. The van der Waals surface area contributed by atoms with Gasteiger partial charge in [0, 0.05) is 24.6 Å². The minimum absolute atomic E-state index is 0.0682. The lowest BCUT2D eigenvalue weighted by molar-refractivity contribution is 0.190. The van der Waals surface area contributed by atoms with Crippen LogP contribution in [0.5, 0.6) is 0 Å². The highest BCUT2D eigenvalue weighted by Gasteiger charge is 2.19. The first-order valence-corrected chi connectivity index (χ1v) is 7.11. The van der Waals surface area contributed by atoms with E-state index in [-0.39, 0.29) is 24.7 Å². The summed E-state index contributed by atoms with van der Waals surface area (Å²) in [4.78, 5) is 14.9. The van der Waals surface area contributed by atoms with E-state index in [1.807, 2.05) is 31.4 Å². The Morgan fingerprint density at radius 2 is 2.28 bits per heavy atom. The van der Waals surface area contributed by atoms with E-state index < -0.39 is 0 Å². The molecule has 4 nitrogen and oxygen atoms in total. The van der Waals surface area contributed by atoms with Crippen molar-refractivity contribution in [3.05, 3.63) is 22.4 Å². The molecule has 0 radical (unpaired) electrons. The molecule has 0 aliphatic heterocycles. The van der Waals surface area contributed by atoms with Crippen LogP contribution in [-0.4, -0.2) is 35.7 Å². The highest BCUT2D eigenvalue weighted by Crippen LogP contribution is 2.23. The summed E-state index contributed by atoms with van der Waals surface area (Å²) in [7, 11) is 1.80. The smallest absolute Gasteiger partial charge is 0.317 e. The van der Waals surface area contributed by atoms with Crippen LogP contribution in [0.4, 0.5) is 4.79 Å². The van der Waals surface area contributed by atoms with Crippen LogP contribution in [0.25, 0.3) is 0 Å². The molecule has 0 saturated heterocycles. The van der Waals surface area contributed by atoms with Crippen molar-refractivity contribution in [2.45, 2.75) is 38.8 Å². The highest BCUT2D eigenvalue weighted by atomic mass is 32.1. The van der Waals surface area contributed by atoms with E-state index in [0.717, 1.165) is 6.42 Å². The second-order valence-electron chi connectivity index (χ2n) is 4.52. The number of nitrogens with one attached hydrogen (secondary N) is 1. The summed E-state index contributed by atoms with van der Waals surface area (Å²) in [6, 6.07) is 4.12. The van der Waals surface area contributed by atoms with Gasteiger partial charge in [0.15, 0.2) is 0 Å². The van der Waals surface area contributed by atoms with E-state index in [9.17, 15) is 4.79 Å². The number of aliphatic hydroxyl groups is 1. The van der Waals surface area contributed by atoms with Crippen LogP contribution in [0.3, 0.4) is 0 Å². The number of hydrogen-bond donors (Lipinski definition) is 2. The van der Waals surface area contributed by atoms with Crippen molar-refractivity contribution in [1.82, 2.24) is 10.2 Å². The molecule has 0 spiro atoms. The number of amides is 2. The molecule has 0 aliphatic carbocycles. The average Bonchev–Trinajstić information content (AvgIpc) is 2.88. The number of aliphatic hydroxyl groups excluding tert-OH is 1. The first-order chi connectivity index (χ1) is 8.56. The molecule has 0 saturated carbocycles. The SMILES string of the molecule is CC(CCCO)NC(=O)N(C)C(C)c1cccs1. The van der Waals surface area contributed by atoms with Gasteiger partial charge in [0.2, 0.25) is 0 Å². The van der Waals surface area contributed by atoms with Crippen molar-refractivity contribution in [2.24, 2.45) is 0 Å². The molecule has 2 amide bonds. The van der Waals surface area contributed by atoms with E-state index in [4.69, 9.17) is 5.11 Å². The number of hydrogen-bond acceptors (Lipinski definition) is 3. The molecule has 0 bridgehead atoms. The van der Waals surface area contributed by atoms with Crippen molar-refractivity contribution in [3.8, 4) is 0 Å². The number of carbonyl (C=O) groups excluding carboxylic acids is 1. The summed E-state index contributed by atoms with van der Waals surface area (Å²) in [5.74, 6) is 0. The number of nitrogens with zero attached hydrogens (tertiary/aromatic N) is 1. The summed E-state index contributed by atoms with van der Waals surface area (Å²) in [5.41, 5.74) is 0. The summed E-state index contributed by atoms with van der Waals surface area (Å²) in [6.07, 6.45) is 1.51. The van der Waals surface area contributed by atoms with Gasteiger partial charge in [-0.1, -0.05) is 6.07 Å². The lowest BCUT2D eigenvalue weighted by atomic mass is 10.2. The van der Waals surface area contributed by atoms with Gasteiger partial charge in [-0.3, -0.25) is 0 Å². The molecule has 0 aliphatic rings. The Labute approximate surface area is 113 Å². The fourth-order valence-corrected chi connectivity index (χ4v) is 2.50. The molecule has 2 N–H and O–H groups in total. The van der Waals surface area contributed by atoms with Crippen LogP contribution in [0, 0.1) is 0 Å². The van der Waals surface area contributed by atoms with E-state index in [1.54, 1.807) is 23.3 Å². The summed E-state index contributed by atoms with van der Waals surface area (Å²) in [6.45, 7) is 4.14. The topological polar surface area (TPSA) is 52.6 Å². The van der Waals surface area contributed by atoms with Crippen LogP contribution in [0.2, 0.25) is 0 Å². The van der Waals surface area contributed by atoms with Gasteiger partial charge in [0.25, 0.3) is 0 Å². The molecular formula is C13H22N2O2S. The molecule has 1 aromatic heterocycles. The maximum Gasteiger partial charge on any atom is 0.317 e. The third kappa shape index (κ3) is 4.31. The Balaban J connectivity index is 2.46. The standard InChI is InChI=1S/C13H22N2O2S/c1-10(6-4-8-16)14-13(17)15(3)11(2)12-7-5-9-18-12/h5,7,9-11,16H,4,6,8H2,1-3H3,(H,14,17). The Kier molecular flexibility index (Phi) is 6.15. The quantitative estimate of drug-likeness (QED) is 0.835. The maximum atomic E-state index is 12.0. The molecule has 5 heteroatoms. The zero-order valence-corrected chi connectivity index (χ0v) is 12.0. The molecule has 2 atom stereocenters. The Hall–Kier alpha value is -1.07. The minimum Gasteiger partial charge on any atom is -0.396 e. The molecule has 1 rings (SSSR count). The van der Waals surface area contributed by atoms with Gasteiger partial charge in [-0.15, -0.1) is 11.3 Å². The molecule has 1 aromatic rings. The molecule has 102 valence electrons. The predicted molar refractivity (Wildman–Crippen MR) is 74.8 cm³/mol. The molecular weight excluding hydrogens is 248 g/mol. The second kappa shape index (κ2) is 7.38. The Morgan fingerprint density at radius 3 is 2.83 bits per heavy atom. The zero-order chi connectivity index (χ0) is 13.5. The van der Waals surface area contributed by atoms with Crippen LogP contribution in [0.1, 0.15) is 37.6 Å². The summed E-state index contributed by atoms with van der Waals surface area (Å²) >= 11 is 1.65. The zero-order valence-electron chi connectivity index (χ0n) is 11.2. The van der Waals surface area contributed by atoms with E-state index in [0.29, 0.717) is 6.42 Å². The third-order valence-electron chi connectivity index (χ3n) is 3.02. The lowest BCUT2D eigenvalue weighted by Crippen LogP contribution is -2.42. The molecule has 18 heavy (non-hydrogen) atoms. The first-order valence-electron chi connectivity index (χ1n) is 6.23. The number of carbonyl (C=O) groups is 1. The Bertz CT molecular complexity index is 354. The van der Waals surface area contributed by atoms with Crippen molar-refractivity contribution in [2.75, 3.05) is 13.7 Å². The maximum absolute atomic E-state index is 12.0. The summed E-state index contributed by atoms with van der Waals surface area (Å²) < 4.78 is 0. The average molecular weight is 270 g/mol. The fourth-order valence-electron chi connectivity index (χ4n) is 1.68. The highest BCUT2D eigenvalue weighted by molar-refractivity contribution is 7.10. The number of urea groups is 1. The number of rotatable bonds is 6.